The third kappa shape index (κ3) is 2.98. The highest BCUT2D eigenvalue weighted by molar-refractivity contribution is 5.57. The third-order valence-corrected chi connectivity index (χ3v) is 2.81. The second-order valence-corrected chi connectivity index (χ2v) is 4.34. The molecular weight excluding hydrogens is 250 g/mol. The van der Waals surface area contributed by atoms with Gasteiger partial charge in [-0.1, -0.05) is 13.0 Å². The second kappa shape index (κ2) is 5.93. The van der Waals surface area contributed by atoms with Gasteiger partial charge in [-0.25, -0.2) is 13.8 Å². The van der Waals surface area contributed by atoms with Gasteiger partial charge in [0.05, 0.1) is 17.8 Å². The molecule has 0 saturated heterocycles. The molecule has 1 aromatic carbocycles. The van der Waals surface area contributed by atoms with E-state index in [-0.39, 0.29) is 17.4 Å². The summed E-state index contributed by atoms with van der Waals surface area (Å²) in [6.07, 6.45) is 2.41. The molecule has 19 heavy (non-hydrogen) atoms. The maximum atomic E-state index is 13.6. The molecule has 1 heterocycles. The van der Waals surface area contributed by atoms with Crippen molar-refractivity contribution in [2.75, 3.05) is 6.54 Å². The first kappa shape index (κ1) is 13.7. The van der Waals surface area contributed by atoms with E-state index in [0.717, 1.165) is 19.0 Å². The minimum atomic E-state index is -0.917. The molecular formula is C14H16F2N2O. The number of halogens is 2. The Balaban J connectivity index is 2.23. The Kier molecular flexibility index (Phi) is 4.27. The summed E-state index contributed by atoms with van der Waals surface area (Å²) >= 11 is 0. The average Bonchev–Trinajstić information content (AvgIpc) is 2.88. The van der Waals surface area contributed by atoms with E-state index in [1.807, 2.05) is 6.92 Å². The number of hydrogen-bond acceptors (Lipinski definition) is 3. The van der Waals surface area contributed by atoms with E-state index in [4.69, 9.17) is 4.42 Å². The molecule has 1 unspecified atom stereocenters. The summed E-state index contributed by atoms with van der Waals surface area (Å²) in [6.45, 7) is 4.81. The highest BCUT2D eigenvalue weighted by Crippen LogP contribution is 2.26. The van der Waals surface area contributed by atoms with Crippen LogP contribution in [0.3, 0.4) is 0 Å². The van der Waals surface area contributed by atoms with Crippen molar-refractivity contribution >= 4 is 0 Å². The molecule has 102 valence electrons. The van der Waals surface area contributed by atoms with Crippen LogP contribution in [0.2, 0.25) is 0 Å². The molecule has 0 aliphatic carbocycles. The summed E-state index contributed by atoms with van der Waals surface area (Å²) in [6, 6.07) is 3.91. The minimum Gasteiger partial charge on any atom is -0.439 e. The fourth-order valence-electron chi connectivity index (χ4n) is 1.75. The van der Waals surface area contributed by atoms with Gasteiger partial charge in [0.15, 0.2) is 17.4 Å². The zero-order valence-electron chi connectivity index (χ0n) is 10.9. The van der Waals surface area contributed by atoms with Gasteiger partial charge in [0.2, 0.25) is 5.89 Å². The number of oxazole rings is 1. The summed E-state index contributed by atoms with van der Waals surface area (Å²) in [5, 5.41) is 3.22. The smallest absolute Gasteiger partial charge is 0.211 e. The van der Waals surface area contributed by atoms with Gasteiger partial charge in [0.25, 0.3) is 0 Å². The molecule has 2 aromatic rings. The Labute approximate surface area is 110 Å². The SMILES string of the molecule is CCCNC(C)c1ncc(-c2cccc(F)c2F)o1. The van der Waals surface area contributed by atoms with Gasteiger partial charge in [0.1, 0.15) is 0 Å². The van der Waals surface area contributed by atoms with Crippen LogP contribution in [0, 0.1) is 11.6 Å². The van der Waals surface area contributed by atoms with E-state index < -0.39 is 11.6 Å². The lowest BCUT2D eigenvalue weighted by Gasteiger charge is -2.08. The highest BCUT2D eigenvalue weighted by atomic mass is 19.2. The van der Waals surface area contributed by atoms with Crippen molar-refractivity contribution < 1.29 is 13.2 Å². The Morgan fingerprint density at radius 3 is 2.89 bits per heavy atom. The lowest BCUT2D eigenvalue weighted by atomic mass is 10.2. The first-order valence-corrected chi connectivity index (χ1v) is 6.27. The van der Waals surface area contributed by atoms with Crippen LogP contribution in [0.5, 0.6) is 0 Å². The standard InChI is InChI=1S/C14H16F2N2O/c1-3-7-17-9(2)14-18-8-12(19-14)10-5-4-6-11(15)13(10)16/h4-6,8-9,17H,3,7H2,1-2H3. The molecule has 3 nitrogen and oxygen atoms in total. The highest BCUT2D eigenvalue weighted by Gasteiger charge is 2.16. The molecule has 1 N–H and O–H groups in total. The molecule has 0 fully saturated rings. The molecule has 1 aromatic heterocycles. The van der Waals surface area contributed by atoms with Crippen LogP contribution < -0.4 is 5.32 Å². The first-order chi connectivity index (χ1) is 9.13. The quantitative estimate of drug-likeness (QED) is 0.897. The monoisotopic (exact) mass is 266 g/mol. The van der Waals surface area contributed by atoms with Gasteiger partial charge in [-0.05, 0) is 32.0 Å². The van der Waals surface area contributed by atoms with Gasteiger partial charge in [-0.2, -0.15) is 0 Å². The number of aromatic nitrogens is 1. The van der Waals surface area contributed by atoms with E-state index in [1.165, 1.54) is 18.3 Å². The van der Waals surface area contributed by atoms with Gasteiger partial charge in [0, 0.05) is 0 Å². The third-order valence-electron chi connectivity index (χ3n) is 2.81. The summed E-state index contributed by atoms with van der Waals surface area (Å²) in [4.78, 5) is 4.10. The van der Waals surface area contributed by atoms with Crippen LogP contribution >= 0.6 is 0 Å². The summed E-state index contributed by atoms with van der Waals surface area (Å²) in [7, 11) is 0. The van der Waals surface area contributed by atoms with Crippen molar-refractivity contribution in [1.29, 1.82) is 0 Å². The van der Waals surface area contributed by atoms with Crippen molar-refractivity contribution in [3.63, 3.8) is 0 Å². The second-order valence-electron chi connectivity index (χ2n) is 4.34. The van der Waals surface area contributed by atoms with Gasteiger partial charge in [-0.3, -0.25) is 0 Å². The maximum Gasteiger partial charge on any atom is 0.211 e. The lowest BCUT2D eigenvalue weighted by Crippen LogP contribution is -2.19. The molecule has 0 bridgehead atoms. The molecule has 0 saturated carbocycles. The van der Waals surface area contributed by atoms with Crippen molar-refractivity contribution in [2.45, 2.75) is 26.3 Å². The first-order valence-electron chi connectivity index (χ1n) is 6.27. The lowest BCUT2D eigenvalue weighted by molar-refractivity contribution is 0.420. The van der Waals surface area contributed by atoms with E-state index in [2.05, 4.69) is 17.2 Å². The number of benzene rings is 1. The van der Waals surface area contributed by atoms with Crippen LogP contribution in [-0.4, -0.2) is 11.5 Å². The molecule has 1 atom stereocenters. The van der Waals surface area contributed by atoms with Crippen LogP contribution in [0.15, 0.2) is 28.8 Å². The molecule has 0 spiro atoms. The van der Waals surface area contributed by atoms with E-state index in [1.54, 1.807) is 0 Å². The number of nitrogens with zero attached hydrogens (tertiary/aromatic N) is 1. The van der Waals surface area contributed by atoms with E-state index in [0.29, 0.717) is 5.89 Å². The van der Waals surface area contributed by atoms with Crippen LogP contribution in [0.1, 0.15) is 32.2 Å². The predicted molar refractivity (Wildman–Crippen MR) is 68.6 cm³/mol. The van der Waals surface area contributed by atoms with Gasteiger partial charge >= 0.3 is 0 Å². The number of rotatable bonds is 5. The van der Waals surface area contributed by atoms with Crippen LogP contribution in [-0.2, 0) is 0 Å². The van der Waals surface area contributed by atoms with Crippen LogP contribution in [0.25, 0.3) is 11.3 Å². The van der Waals surface area contributed by atoms with Crippen molar-refractivity contribution in [1.82, 2.24) is 10.3 Å². The molecule has 2 rings (SSSR count). The largest absolute Gasteiger partial charge is 0.439 e. The Bertz CT molecular complexity index is 554. The van der Waals surface area contributed by atoms with Gasteiger partial charge < -0.3 is 9.73 Å². The fourth-order valence-corrected chi connectivity index (χ4v) is 1.75. The minimum absolute atomic E-state index is 0.0645. The number of nitrogens with one attached hydrogen (secondary N) is 1. The van der Waals surface area contributed by atoms with E-state index in [9.17, 15) is 8.78 Å². The Morgan fingerprint density at radius 1 is 1.37 bits per heavy atom. The zero-order chi connectivity index (χ0) is 13.8. The summed E-state index contributed by atoms with van der Waals surface area (Å²) in [5.41, 5.74) is 0.0847. The van der Waals surface area contributed by atoms with E-state index >= 15 is 0 Å². The molecule has 0 radical (unpaired) electrons. The summed E-state index contributed by atoms with van der Waals surface area (Å²) in [5.74, 6) is -1.11. The zero-order valence-corrected chi connectivity index (χ0v) is 10.9. The molecule has 0 aliphatic heterocycles. The molecule has 0 aliphatic rings. The normalized spacial score (nSPS) is 12.6. The Hall–Kier alpha value is -1.75. The maximum absolute atomic E-state index is 13.6. The number of hydrogen-bond donors (Lipinski definition) is 1. The van der Waals surface area contributed by atoms with Crippen LogP contribution in [0.4, 0.5) is 8.78 Å². The Morgan fingerprint density at radius 2 is 2.16 bits per heavy atom. The fraction of sp³-hybridized carbons (Fsp3) is 0.357. The van der Waals surface area contributed by atoms with Gasteiger partial charge in [-0.15, -0.1) is 0 Å². The topological polar surface area (TPSA) is 38.1 Å². The molecule has 0 amide bonds. The van der Waals surface area contributed by atoms with Crippen molar-refractivity contribution in [2.24, 2.45) is 0 Å². The van der Waals surface area contributed by atoms with Crippen molar-refractivity contribution in [3.8, 4) is 11.3 Å². The average molecular weight is 266 g/mol. The summed E-state index contributed by atoms with van der Waals surface area (Å²) < 4.78 is 32.3. The molecule has 5 heteroatoms. The predicted octanol–water partition coefficient (Wildman–Crippen LogP) is 3.68. The van der Waals surface area contributed by atoms with Crippen molar-refractivity contribution in [3.05, 3.63) is 41.9 Å².